The molecule has 2 aromatic rings. The van der Waals surface area contributed by atoms with Crippen molar-refractivity contribution in [2.75, 3.05) is 26.7 Å². The van der Waals surface area contributed by atoms with Crippen LogP contribution in [0.5, 0.6) is 0 Å². The number of guanidine groups is 1. The number of aromatic nitrogens is 2. The molecule has 0 aliphatic heterocycles. The first kappa shape index (κ1) is 22.0. The molecule has 1 aromatic heterocycles. The van der Waals surface area contributed by atoms with Gasteiger partial charge in [-0.25, -0.2) is 4.68 Å². The van der Waals surface area contributed by atoms with Gasteiger partial charge in [-0.2, -0.15) is 5.10 Å². The van der Waals surface area contributed by atoms with Crippen LogP contribution in [0.1, 0.15) is 39.7 Å². The van der Waals surface area contributed by atoms with Gasteiger partial charge in [0.2, 0.25) is 0 Å². The summed E-state index contributed by atoms with van der Waals surface area (Å²) in [6.45, 7) is 11.9. The van der Waals surface area contributed by atoms with Crippen molar-refractivity contribution < 1.29 is 0 Å². The van der Waals surface area contributed by atoms with Gasteiger partial charge >= 0.3 is 0 Å². The number of para-hydroxylation sites is 1. The Hall–Kier alpha value is -2.34. The maximum absolute atomic E-state index is 4.45. The maximum Gasteiger partial charge on any atom is 0.190 e. The molecular weight excluding hydrogens is 348 g/mol. The van der Waals surface area contributed by atoms with E-state index in [1.54, 1.807) is 0 Å². The fourth-order valence-electron chi connectivity index (χ4n) is 3.34. The van der Waals surface area contributed by atoms with Crippen molar-refractivity contribution in [3.63, 3.8) is 0 Å². The fourth-order valence-corrected chi connectivity index (χ4v) is 3.34. The van der Waals surface area contributed by atoms with Gasteiger partial charge in [-0.3, -0.25) is 9.89 Å². The van der Waals surface area contributed by atoms with Crippen LogP contribution in [0.4, 0.5) is 0 Å². The summed E-state index contributed by atoms with van der Waals surface area (Å²) in [5.41, 5.74) is 2.28. The van der Waals surface area contributed by atoms with Crippen LogP contribution in [0, 0.1) is 0 Å². The molecule has 0 unspecified atom stereocenters. The number of rotatable bonds is 10. The van der Waals surface area contributed by atoms with Crippen molar-refractivity contribution in [2.24, 2.45) is 4.99 Å². The predicted molar refractivity (Wildman–Crippen MR) is 118 cm³/mol. The molecule has 154 valence electrons. The first-order chi connectivity index (χ1) is 13.5. The summed E-state index contributed by atoms with van der Waals surface area (Å²) >= 11 is 0. The topological polar surface area (TPSA) is 57.5 Å². The Morgan fingerprint density at radius 3 is 2.39 bits per heavy atom. The second kappa shape index (κ2) is 11.5. The minimum Gasteiger partial charge on any atom is -0.356 e. The highest BCUT2D eigenvalue weighted by atomic mass is 15.3. The molecule has 0 atom stereocenters. The third-order valence-corrected chi connectivity index (χ3v) is 4.80. The zero-order valence-electron chi connectivity index (χ0n) is 18.0. The normalized spacial score (nSPS) is 12.2. The van der Waals surface area contributed by atoms with Gasteiger partial charge in [-0.1, -0.05) is 18.2 Å². The van der Waals surface area contributed by atoms with Crippen LogP contribution < -0.4 is 10.6 Å². The molecule has 0 aliphatic carbocycles. The van der Waals surface area contributed by atoms with Gasteiger partial charge in [0, 0.05) is 45.0 Å². The summed E-state index contributed by atoms with van der Waals surface area (Å²) in [7, 11) is 1.82. The Bertz CT molecular complexity index is 697. The molecule has 0 fully saturated rings. The van der Waals surface area contributed by atoms with E-state index < -0.39 is 0 Å². The van der Waals surface area contributed by atoms with Crippen molar-refractivity contribution in [3.8, 4) is 5.69 Å². The van der Waals surface area contributed by atoms with Crippen LogP contribution in [-0.4, -0.2) is 59.4 Å². The number of aliphatic imine (C=N–C) groups is 1. The van der Waals surface area contributed by atoms with Gasteiger partial charge in [0.25, 0.3) is 0 Å². The first-order valence-electron chi connectivity index (χ1n) is 10.3. The smallest absolute Gasteiger partial charge is 0.190 e. The lowest BCUT2D eigenvalue weighted by molar-refractivity contribution is 0.173. The van der Waals surface area contributed by atoms with E-state index in [1.807, 2.05) is 36.1 Å². The largest absolute Gasteiger partial charge is 0.356 e. The molecule has 6 heteroatoms. The molecule has 6 nitrogen and oxygen atoms in total. The lowest BCUT2D eigenvalue weighted by atomic mass is 10.2. The van der Waals surface area contributed by atoms with E-state index in [4.69, 9.17) is 0 Å². The molecule has 0 radical (unpaired) electrons. The maximum atomic E-state index is 4.45. The lowest BCUT2D eigenvalue weighted by Crippen LogP contribution is -2.41. The van der Waals surface area contributed by atoms with Crippen molar-refractivity contribution in [1.82, 2.24) is 25.3 Å². The standard InChI is InChI=1S/C22H36N6/c1-18(2)27(19(3)4)15-9-13-24-22(23-5)25-14-12-20-16-26-28(17-20)21-10-7-6-8-11-21/h6-8,10-11,16-19H,9,12-15H2,1-5H3,(H2,23,24,25). The van der Waals surface area contributed by atoms with Crippen molar-refractivity contribution in [1.29, 1.82) is 0 Å². The van der Waals surface area contributed by atoms with Gasteiger partial charge in [0.15, 0.2) is 5.96 Å². The Morgan fingerprint density at radius 1 is 1.07 bits per heavy atom. The zero-order chi connectivity index (χ0) is 20.4. The number of hydrogen-bond acceptors (Lipinski definition) is 3. The van der Waals surface area contributed by atoms with Crippen molar-refractivity contribution in [2.45, 2.75) is 52.6 Å². The lowest BCUT2D eigenvalue weighted by Gasteiger charge is -2.30. The number of hydrogen-bond donors (Lipinski definition) is 2. The van der Waals surface area contributed by atoms with E-state index in [1.165, 1.54) is 5.56 Å². The Balaban J connectivity index is 1.69. The molecule has 0 spiro atoms. The molecule has 0 saturated carbocycles. The molecular formula is C22H36N6. The van der Waals surface area contributed by atoms with Crippen molar-refractivity contribution in [3.05, 3.63) is 48.3 Å². The summed E-state index contributed by atoms with van der Waals surface area (Å²) in [5, 5.41) is 11.2. The molecule has 1 aromatic carbocycles. The second-order valence-electron chi connectivity index (χ2n) is 7.58. The average molecular weight is 385 g/mol. The molecule has 1 heterocycles. The summed E-state index contributed by atoms with van der Waals surface area (Å²) in [5.74, 6) is 0.857. The van der Waals surface area contributed by atoms with Crippen LogP contribution in [0.25, 0.3) is 5.69 Å². The highest BCUT2D eigenvalue weighted by molar-refractivity contribution is 5.79. The van der Waals surface area contributed by atoms with Gasteiger partial charge < -0.3 is 10.6 Å². The van der Waals surface area contributed by atoms with Gasteiger partial charge in [0.1, 0.15) is 0 Å². The Morgan fingerprint density at radius 2 is 1.75 bits per heavy atom. The molecule has 2 rings (SSSR count). The van der Waals surface area contributed by atoms with E-state index >= 15 is 0 Å². The number of benzene rings is 1. The second-order valence-corrected chi connectivity index (χ2v) is 7.58. The van der Waals surface area contributed by atoms with Gasteiger partial charge in [0.05, 0.1) is 11.9 Å². The molecule has 0 amide bonds. The molecule has 0 bridgehead atoms. The highest BCUT2D eigenvalue weighted by Crippen LogP contribution is 2.08. The van der Waals surface area contributed by atoms with E-state index in [9.17, 15) is 0 Å². The summed E-state index contributed by atoms with van der Waals surface area (Å²) in [6, 6.07) is 11.3. The SMILES string of the molecule is CN=C(NCCCN(C(C)C)C(C)C)NCCc1cnn(-c2ccccc2)c1. The van der Waals surface area contributed by atoms with E-state index in [-0.39, 0.29) is 0 Å². The first-order valence-corrected chi connectivity index (χ1v) is 10.3. The van der Waals surface area contributed by atoms with Crippen LogP contribution >= 0.6 is 0 Å². The fraction of sp³-hybridized carbons (Fsp3) is 0.545. The number of nitrogens with one attached hydrogen (secondary N) is 2. The van der Waals surface area contributed by atoms with Crippen LogP contribution in [0.2, 0.25) is 0 Å². The molecule has 28 heavy (non-hydrogen) atoms. The average Bonchev–Trinajstić information content (AvgIpc) is 3.15. The Labute approximate surface area is 170 Å². The minimum absolute atomic E-state index is 0.578. The van der Waals surface area contributed by atoms with Gasteiger partial charge in [-0.15, -0.1) is 0 Å². The van der Waals surface area contributed by atoms with Crippen LogP contribution in [-0.2, 0) is 6.42 Å². The van der Waals surface area contributed by atoms with Crippen LogP contribution in [0.15, 0.2) is 47.7 Å². The summed E-state index contributed by atoms with van der Waals surface area (Å²) in [4.78, 5) is 6.84. The zero-order valence-corrected chi connectivity index (χ0v) is 18.0. The quantitative estimate of drug-likeness (QED) is 0.375. The summed E-state index contributed by atoms with van der Waals surface area (Å²) < 4.78 is 1.91. The number of nitrogens with zero attached hydrogens (tertiary/aromatic N) is 4. The third-order valence-electron chi connectivity index (χ3n) is 4.80. The third kappa shape index (κ3) is 7.00. The monoisotopic (exact) mass is 384 g/mol. The highest BCUT2D eigenvalue weighted by Gasteiger charge is 2.12. The predicted octanol–water partition coefficient (Wildman–Crippen LogP) is 3.09. The molecule has 0 aliphatic rings. The summed E-state index contributed by atoms with van der Waals surface area (Å²) in [6.07, 6.45) is 6.01. The molecule has 2 N–H and O–H groups in total. The van der Waals surface area contributed by atoms with Crippen LogP contribution in [0.3, 0.4) is 0 Å². The minimum atomic E-state index is 0.578. The molecule has 0 saturated heterocycles. The van der Waals surface area contributed by atoms with Gasteiger partial charge in [-0.05, 0) is 58.2 Å². The van der Waals surface area contributed by atoms with E-state index in [0.717, 1.165) is 44.1 Å². The Kier molecular flexibility index (Phi) is 9.01. The van der Waals surface area contributed by atoms with E-state index in [0.29, 0.717) is 12.1 Å². The van der Waals surface area contributed by atoms with E-state index in [2.05, 4.69) is 71.6 Å². The van der Waals surface area contributed by atoms with Crippen molar-refractivity contribution >= 4 is 5.96 Å².